The van der Waals surface area contributed by atoms with Crippen LogP contribution in [-0.2, 0) is 4.79 Å². The maximum Gasteiger partial charge on any atom is 0.333 e. The third kappa shape index (κ3) is 3.51. The van der Waals surface area contributed by atoms with Crippen LogP contribution in [0.1, 0.15) is 16.1 Å². The molecule has 4 rings (SSSR count). The summed E-state index contributed by atoms with van der Waals surface area (Å²) in [5, 5.41) is 13.7. The molecule has 0 aliphatic carbocycles. The first-order valence-electron chi connectivity index (χ1n) is 8.47. The fourth-order valence-electron chi connectivity index (χ4n) is 2.91. The number of benzene rings is 2. The first kappa shape index (κ1) is 18.5. The summed E-state index contributed by atoms with van der Waals surface area (Å²) in [4.78, 5) is 37.0. The van der Waals surface area contributed by atoms with E-state index in [1.54, 1.807) is 48.5 Å². The number of furan rings is 1. The van der Waals surface area contributed by atoms with Gasteiger partial charge in [-0.05, 0) is 42.5 Å². The topological polar surface area (TPSA) is 103 Å². The minimum Gasteiger partial charge on any atom is -0.545 e. The number of rotatable bonds is 4. The lowest BCUT2D eigenvalue weighted by atomic mass is 10.1. The van der Waals surface area contributed by atoms with Crippen molar-refractivity contribution in [2.75, 3.05) is 4.90 Å². The van der Waals surface area contributed by atoms with E-state index >= 15 is 0 Å². The minimum absolute atomic E-state index is 0.0583. The number of carbonyl (C=O) groups is 3. The zero-order chi connectivity index (χ0) is 20.5. The minimum atomic E-state index is -1.40. The number of hydrogen-bond acceptors (Lipinski definition) is 5. The molecule has 0 saturated carbocycles. The highest BCUT2D eigenvalue weighted by atomic mass is 35.5. The van der Waals surface area contributed by atoms with Crippen LogP contribution in [-0.4, -0.2) is 17.9 Å². The molecule has 0 spiro atoms. The Bertz CT molecular complexity index is 1170. The normalized spacial score (nSPS) is 15.1. The number of carboxylic acids is 1. The number of aromatic carboxylic acids is 1. The van der Waals surface area contributed by atoms with Crippen LogP contribution >= 0.6 is 11.6 Å². The average molecular weight is 408 g/mol. The molecule has 7 nitrogen and oxygen atoms in total. The van der Waals surface area contributed by atoms with Crippen molar-refractivity contribution in [3.8, 4) is 11.3 Å². The van der Waals surface area contributed by atoms with E-state index in [-0.39, 0.29) is 16.3 Å². The summed E-state index contributed by atoms with van der Waals surface area (Å²) in [5.41, 5.74) is 0.837. The number of hydrogen-bond donors (Lipinski definition) is 1. The zero-order valence-electron chi connectivity index (χ0n) is 14.7. The Kier molecular flexibility index (Phi) is 4.66. The molecule has 1 aliphatic heterocycles. The number of imide groups is 1. The Hall–Kier alpha value is -3.84. The van der Waals surface area contributed by atoms with Crippen LogP contribution in [0.2, 0.25) is 5.02 Å². The van der Waals surface area contributed by atoms with Gasteiger partial charge in [0.05, 0.1) is 11.7 Å². The van der Waals surface area contributed by atoms with Crippen molar-refractivity contribution >= 4 is 41.3 Å². The van der Waals surface area contributed by atoms with Crippen LogP contribution in [0.25, 0.3) is 17.4 Å². The Morgan fingerprint density at radius 2 is 1.83 bits per heavy atom. The molecular weight excluding hydrogens is 396 g/mol. The van der Waals surface area contributed by atoms with E-state index in [1.807, 2.05) is 0 Å². The van der Waals surface area contributed by atoms with Crippen molar-refractivity contribution in [1.29, 1.82) is 0 Å². The van der Waals surface area contributed by atoms with Gasteiger partial charge in [0.1, 0.15) is 17.2 Å². The number of urea groups is 1. The summed E-state index contributed by atoms with van der Waals surface area (Å²) in [5.74, 6) is -1.23. The molecule has 0 atom stereocenters. The summed E-state index contributed by atoms with van der Waals surface area (Å²) in [7, 11) is 0. The number of carboxylic acid groups (broad SMARTS) is 1. The molecule has 0 radical (unpaired) electrons. The number of carbonyl (C=O) groups excluding carboxylic acids is 3. The van der Waals surface area contributed by atoms with Gasteiger partial charge in [-0.1, -0.05) is 29.8 Å². The number of nitrogens with zero attached hydrogens (tertiary/aromatic N) is 1. The monoisotopic (exact) mass is 407 g/mol. The highest BCUT2D eigenvalue weighted by Gasteiger charge is 2.34. The average Bonchev–Trinajstić information content (AvgIpc) is 3.27. The van der Waals surface area contributed by atoms with Gasteiger partial charge in [0, 0.05) is 22.2 Å². The van der Waals surface area contributed by atoms with Crippen molar-refractivity contribution in [2.24, 2.45) is 0 Å². The fraction of sp³-hybridized carbons (Fsp3) is 0. The number of amides is 3. The van der Waals surface area contributed by atoms with E-state index < -0.39 is 17.9 Å². The molecule has 2 heterocycles. The smallest absolute Gasteiger partial charge is 0.333 e. The Morgan fingerprint density at radius 1 is 1.07 bits per heavy atom. The molecule has 0 bridgehead atoms. The van der Waals surface area contributed by atoms with Gasteiger partial charge in [-0.3, -0.25) is 4.79 Å². The van der Waals surface area contributed by atoms with Gasteiger partial charge in [-0.15, -0.1) is 0 Å². The maximum atomic E-state index is 12.6. The maximum absolute atomic E-state index is 12.6. The van der Waals surface area contributed by atoms with E-state index in [9.17, 15) is 19.5 Å². The van der Waals surface area contributed by atoms with Crippen LogP contribution in [0, 0.1) is 0 Å². The third-order valence-electron chi connectivity index (χ3n) is 4.28. The van der Waals surface area contributed by atoms with Crippen LogP contribution < -0.4 is 15.3 Å². The largest absolute Gasteiger partial charge is 0.545 e. The molecule has 1 saturated heterocycles. The molecule has 2 aromatic carbocycles. The Labute approximate surface area is 169 Å². The van der Waals surface area contributed by atoms with Crippen molar-refractivity contribution < 1.29 is 23.9 Å². The second-order valence-electron chi connectivity index (χ2n) is 6.15. The summed E-state index contributed by atoms with van der Waals surface area (Å²) in [6.45, 7) is 0. The number of anilines is 1. The van der Waals surface area contributed by atoms with Gasteiger partial charge in [0.25, 0.3) is 5.91 Å². The molecule has 1 fully saturated rings. The van der Waals surface area contributed by atoms with Gasteiger partial charge in [0.2, 0.25) is 0 Å². The molecule has 1 aliphatic rings. The lowest BCUT2D eigenvalue weighted by Gasteiger charge is -2.10. The molecule has 3 amide bonds. The molecule has 1 N–H and O–H groups in total. The Balaban J connectivity index is 1.62. The highest BCUT2D eigenvalue weighted by molar-refractivity contribution is 6.33. The molecule has 3 aromatic rings. The molecule has 29 heavy (non-hydrogen) atoms. The van der Waals surface area contributed by atoms with Gasteiger partial charge in [-0.25, -0.2) is 9.69 Å². The van der Waals surface area contributed by atoms with Crippen molar-refractivity contribution in [3.63, 3.8) is 0 Å². The molecule has 144 valence electrons. The van der Waals surface area contributed by atoms with E-state index in [0.29, 0.717) is 22.8 Å². The third-order valence-corrected chi connectivity index (χ3v) is 4.61. The quantitative estimate of drug-likeness (QED) is 0.529. The fourth-order valence-corrected chi connectivity index (χ4v) is 3.10. The molecule has 1 aromatic heterocycles. The second-order valence-corrected chi connectivity index (χ2v) is 6.56. The summed E-state index contributed by atoms with van der Waals surface area (Å²) < 4.78 is 5.68. The highest BCUT2D eigenvalue weighted by Crippen LogP contribution is 2.28. The molecule has 0 unspecified atom stereocenters. The lowest BCUT2D eigenvalue weighted by molar-refractivity contribution is -0.255. The lowest BCUT2D eigenvalue weighted by Crippen LogP contribution is -2.30. The number of para-hydroxylation sites is 1. The first-order valence-corrected chi connectivity index (χ1v) is 8.85. The summed E-state index contributed by atoms with van der Waals surface area (Å²) in [6, 6.07) is 15.6. The van der Waals surface area contributed by atoms with Crippen LogP contribution in [0.4, 0.5) is 10.5 Å². The van der Waals surface area contributed by atoms with Crippen molar-refractivity contribution in [1.82, 2.24) is 5.32 Å². The zero-order valence-corrected chi connectivity index (χ0v) is 15.5. The molecule has 8 heteroatoms. The number of halogens is 1. The molecular formula is C21H12ClN2O5-. The predicted octanol–water partition coefficient (Wildman–Crippen LogP) is 3.06. The van der Waals surface area contributed by atoms with Crippen LogP contribution in [0.5, 0.6) is 0 Å². The van der Waals surface area contributed by atoms with Crippen molar-refractivity contribution in [3.05, 3.63) is 82.7 Å². The SMILES string of the molecule is O=C([O-])c1cc(-c2ccc(/C=C3\NC(=O)N(c4ccccc4)C3=O)o2)ccc1Cl. The van der Waals surface area contributed by atoms with E-state index in [2.05, 4.69) is 5.32 Å². The van der Waals surface area contributed by atoms with E-state index in [1.165, 1.54) is 18.2 Å². The van der Waals surface area contributed by atoms with E-state index in [0.717, 1.165) is 4.90 Å². The standard InChI is InChI=1S/C21H13ClN2O5/c22-16-8-6-12(10-15(16)20(26)27)18-9-7-14(29-18)11-17-19(25)24(21(28)23-17)13-4-2-1-3-5-13/h1-11H,(H,23,28)(H,26,27)/p-1/b17-11-. The predicted molar refractivity (Wildman–Crippen MR) is 104 cm³/mol. The summed E-state index contributed by atoms with van der Waals surface area (Å²) in [6.07, 6.45) is 1.41. The second kappa shape index (κ2) is 7.29. The van der Waals surface area contributed by atoms with Gasteiger partial charge in [0.15, 0.2) is 0 Å². The Morgan fingerprint density at radius 3 is 2.55 bits per heavy atom. The van der Waals surface area contributed by atoms with Crippen LogP contribution in [0.3, 0.4) is 0 Å². The van der Waals surface area contributed by atoms with Crippen molar-refractivity contribution in [2.45, 2.75) is 0 Å². The van der Waals surface area contributed by atoms with Gasteiger partial charge >= 0.3 is 6.03 Å². The first-order chi connectivity index (χ1) is 13.9. The number of nitrogens with one attached hydrogen (secondary N) is 1. The summed E-state index contributed by atoms with van der Waals surface area (Å²) >= 11 is 5.85. The van der Waals surface area contributed by atoms with Crippen LogP contribution in [0.15, 0.2) is 70.8 Å². The van der Waals surface area contributed by atoms with E-state index in [4.69, 9.17) is 16.0 Å². The van der Waals surface area contributed by atoms with Gasteiger partial charge in [-0.2, -0.15) is 0 Å². The van der Waals surface area contributed by atoms with Gasteiger partial charge < -0.3 is 19.6 Å².